The molecule has 0 spiro atoms. The Labute approximate surface area is 105 Å². The highest BCUT2D eigenvalue weighted by molar-refractivity contribution is 8.00. The van der Waals surface area contributed by atoms with Crippen molar-refractivity contribution in [3.8, 4) is 0 Å². The van der Waals surface area contributed by atoms with E-state index in [9.17, 15) is 4.79 Å². The summed E-state index contributed by atoms with van der Waals surface area (Å²) in [6, 6.07) is 7.48. The molecule has 1 aromatic carbocycles. The highest BCUT2D eigenvalue weighted by atomic mass is 35.5. The van der Waals surface area contributed by atoms with Gasteiger partial charge >= 0.3 is 0 Å². The highest BCUT2D eigenvalue weighted by Gasteiger charge is 2.04. The Kier molecular flexibility index (Phi) is 6.30. The van der Waals surface area contributed by atoms with Crippen LogP contribution in [-0.4, -0.2) is 31.9 Å². The van der Waals surface area contributed by atoms with Crippen LogP contribution in [0.15, 0.2) is 29.2 Å². The monoisotopic (exact) mass is 259 g/mol. The van der Waals surface area contributed by atoms with Crippen molar-refractivity contribution in [2.24, 2.45) is 0 Å². The lowest BCUT2D eigenvalue weighted by atomic mass is 10.4. The van der Waals surface area contributed by atoms with Crippen LogP contribution in [0.4, 0.5) is 0 Å². The van der Waals surface area contributed by atoms with E-state index >= 15 is 0 Å². The lowest BCUT2D eigenvalue weighted by Gasteiger charge is -2.05. The van der Waals surface area contributed by atoms with Gasteiger partial charge in [0.15, 0.2) is 0 Å². The van der Waals surface area contributed by atoms with E-state index in [0.717, 1.165) is 4.90 Å². The van der Waals surface area contributed by atoms with Crippen LogP contribution in [0.2, 0.25) is 5.02 Å². The third kappa shape index (κ3) is 4.88. The molecule has 0 aliphatic carbocycles. The molecule has 3 nitrogen and oxygen atoms in total. The average Bonchev–Trinajstić information content (AvgIpc) is 2.28. The van der Waals surface area contributed by atoms with E-state index in [1.807, 2.05) is 24.3 Å². The fraction of sp³-hybridized carbons (Fsp3) is 0.364. The van der Waals surface area contributed by atoms with Gasteiger partial charge in [-0.05, 0) is 12.1 Å². The number of rotatable bonds is 6. The molecule has 0 bridgehead atoms. The number of methoxy groups -OCH3 is 1. The number of ether oxygens (including phenoxy) is 1. The standard InChI is InChI=1S/C11H14ClNO2S/c1-15-7-6-13-11(14)8-16-10-5-3-2-4-9(10)12/h2-5H,6-8H2,1H3,(H,13,14). The molecular formula is C11H14ClNO2S. The number of halogens is 1. The summed E-state index contributed by atoms with van der Waals surface area (Å²) in [5.41, 5.74) is 0. The quantitative estimate of drug-likeness (QED) is 0.629. The van der Waals surface area contributed by atoms with Gasteiger partial charge in [-0.3, -0.25) is 4.79 Å². The number of hydrogen-bond donors (Lipinski definition) is 1. The topological polar surface area (TPSA) is 38.3 Å². The number of nitrogens with one attached hydrogen (secondary N) is 1. The van der Waals surface area contributed by atoms with Gasteiger partial charge in [0, 0.05) is 18.6 Å². The Balaban J connectivity index is 2.29. The summed E-state index contributed by atoms with van der Waals surface area (Å²) in [5, 5.41) is 3.42. The van der Waals surface area contributed by atoms with Gasteiger partial charge in [0.1, 0.15) is 0 Å². The largest absolute Gasteiger partial charge is 0.383 e. The summed E-state index contributed by atoms with van der Waals surface area (Å²) in [5.74, 6) is 0.356. The minimum Gasteiger partial charge on any atom is -0.383 e. The molecule has 5 heteroatoms. The summed E-state index contributed by atoms with van der Waals surface area (Å²) >= 11 is 7.39. The average molecular weight is 260 g/mol. The fourth-order valence-corrected chi connectivity index (χ4v) is 2.12. The number of amides is 1. The van der Waals surface area contributed by atoms with Crippen LogP contribution in [-0.2, 0) is 9.53 Å². The van der Waals surface area contributed by atoms with Crippen molar-refractivity contribution >= 4 is 29.3 Å². The first-order valence-corrected chi connectivity index (χ1v) is 6.23. The van der Waals surface area contributed by atoms with Gasteiger partial charge in [0.2, 0.25) is 5.91 Å². The van der Waals surface area contributed by atoms with E-state index in [-0.39, 0.29) is 5.91 Å². The maximum atomic E-state index is 11.4. The fourth-order valence-electron chi connectivity index (χ4n) is 1.05. The van der Waals surface area contributed by atoms with Crippen LogP contribution in [0.25, 0.3) is 0 Å². The second kappa shape index (κ2) is 7.54. The van der Waals surface area contributed by atoms with Crippen LogP contribution < -0.4 is 5.32 Å². The highest BCUT2D eigenvalue weighted by Crippen LogP contribution is 2.26. The lowest BCUT2D eigenvalue weighted by Crippen LogP contribution is -2.28. The number of carbonyl (C=O) groups excluding carboxylic acids is 1. The van der Waals surface area contributed by atoms with Crippen LogP contribution in [0, 0.1) is 0 Å². The zero-order chi connectivity index (χ0) is 11.8. The molecule has 1 aromatic rings. The minimum absolute atomic E-state index is 0.0121. The van der Waals surface area contributed by atoms with Gasteiger partial charge < -0.3 is 10.1 Å². The van der Waals surface area contributed by atoms with Crippen LogP contribution in [0.1, 0.15) is 0 Å². The second-order valence-corrected chi connectivity index (χ2v) is 4.49. The minimum atomic E-state index is -0.0121. The molecule has 0 radical (unpaired) electrons. The third-order valence-electron chi connectivity index (χ3n) is 1.82. The molecular weight excluding hydrogens is 246 g/mol. The van der Waals surface area contributed by atoms with Crippen molar-refractivity contribution in [3.63, 3.8) is 0 Å². The third-order valence-corrected chi connectivity index (χ3v) is 3.34. The molecule has 88 valence electrons. The molecule has 0 aromatic heterocycles. The number of hydrogen-bond acceptors (Lipinski definition) is 3. The molecule has 0 fully saturated rings. The molecule has 1 rings (SSSR count). The summed E-state index contributed by atoms with van der Waals surface area (Å²) in [6.45, 7) is 1.07. The Hall–Kier alpha value is -0.710. The molecule has 1 N–H and O–H groups in total. The van der Waals surface area contributed by atoms with Crippen molar-refractivity contribution in [2.45, 2.75) is 4.90 Å². The van der Waals surface area contributed by atoms with E-state index in [1.54, 1.807) is 7.11 Å². The first-order valence-electron chi connectivity index (χ1n) is 4.87. The summed E-state index contributed by atoms with van der Waals surface area (Å²) in [6.07, 6.45) is 0. The number of benzene rings is 1. The van der Waals surface area contributed by atoms with Gasteiger partial charge in [-0.15, -0.1) is 11.8 Å². The van der Waals surface area contributed by atoms with E-state index < -0.39 is 0 Å². The molecule has 0 saturated heterocycles. The van der Waals surface area contributed by atoms with Gasteiger partial charge in [0.05, 0.1) is 17.4 Å². The van der Waals surface area contributed by atoms with Crippen LogP contribution >= 0.6 is 23.4 Å². The SMILES string of the molecule is COCCNC(=O)CSc1ccccc1Cl. The summed E-state index contributed by atoms with van der Waals surface area (Å²) in [7, 11) is 1.60. The molecule has 0 heterocycles. The molecule has 0 aliphatic heterocycles. The Morgan fingerprint density at radius 2 is 2.25 bits per heavy atom. The lowest BCUT2D eigenvalue weighted by molar-refractivity contribution is -0.118. The molecule has 16 heavy (non-hydrogen) atoms. The van der Waals surface area contributed by atoms with Crippen LogP contribution in [0.3, 0.4) is 0 Å². The van der Waals surface area contributed by atoms with Crippen molar-refractivity contribution in [2.75, 3.05) is 26.0 Å². The van der Waals surface area contributed by atoms with Gasteiger partial charge in [-0.25, -0.2) is 0 Å². The van der Waals surface area contributed by atoms with Gasteiger partial charge in [0.25, 0.3) is 0 Å². The zero-order valence-corrected chi connectivity index (χ0v) is 10.6. The van der Waals surface area contributed by atoms with Gasteiger partial charge in [-0.2, -0.15) is 0 Å². The molecule has 0 atom stereocenters. The Morgan fingerprint density at radius 1 is 1.50 bits per heavy atom. The second-order valence-electron chi connectivity index (χ2n) is 3.06. The maximum absolute atomic E-state index is 11.4. The van der Waals surface area contributed by atoms with E-state index in [1.165, 1.54) is 11.8 Å². The molecule has 0 saturated carbocycles. The van der Waals surface area contributed by atoms with Crippen molar-refractivity contribution < 1.29 is 9.53 Å². The molecule has 0 unspecified atom stereocenters. The number of carbonyl (C=O) groups is 1. The van der Waals surface area contributed by atoms with E-state index in [4.69, 9.17) is 16.3 Å². The first-order chi connectivity index (χ1) is 7.74. The normalized spacial score (nSPS) is 10.1. The number of thioether (sulfide) groups is 1. The van der Waals surface area contributed by atoms with Crippen molar-refractivity contribution in [3.05, 3.63) is 29.3 Å². The summed E-state index contributed by atoms with van der Waals surface area (Å²) < 4.78 is 4.83. The van der Waals surface area contributed by atoms with Crippen molar-refractivity contribution in [1.82, 2.24) is 5.32 Å². The van der Waals surface area contributed by atoms with Crippen molar-refractivity contribution in [1.29, 1.82) is 0 Å². The predicted octanol–water partition coefficient (Wildman–Crippen LogP) is 2.19. The van der Waals surface area contributed by atoms with Gasteiger partial charge in [-0.1, -0.05) is 23.7 Å². The van der Waals surface area contributed by atoms with E-state index in [0.29, 0.717) is 23.9 Å². The smallest absolute Gasteiger partial charge is 0.230 e. The molecule has 1 amide bonds. The maximum Gasteiger partial charge on any atom is 0.230 e. The Morgan fingerprint density at radius 3 is 2.94 bits per heavy atom. The predicted molar refractivity (Wildman–Crippen MR) is 67.1 cm³/mol. The zero-order valence-electron chi connectivity index (χ0n) is 9.03. The van der Waals surface area contributed by atoms with Crippen LogP contribution in [0.5, 0.6) is 0 Å². The van der Waals surface area contributed by atoms with E-state index in [2.05, 4.69) is 5.32 Å². The Bertz CT molecular complexity index is 347. The summed E-state index contributed by atoms with van der Waals surface area (Å²) in [4.78, 5) is 12.3. The first kappa shape index (κ1) is 13.4. The molecule has 0 aliphatic rings.